The molecule has 90 valence electrons. The Balaban J connectivity index is 2.70. The summed E-state index contributed by atoms with van der Waals surface area (Å²) in [5.41, 5.74) is 0.381. The molecule has 1 rings (SSSR count). The van der Waals surface area contributed by atoms with Crippen LogP contribution in [0.1, 0.15) is 12.5 Å². The van der Waals surface area contributed by atoms with E-state index in [0.29, 0.717) is 18.7 Å². The fourth-order valence-corrected chi connectivity index (χ4v) is 1.44. The van der Waals surface area contributed by atoms with Crippen molar-refractivity contribution in [3.63, 3.8) is 0 Å². The maximum atomic E-state index is 13.6. The molecule has 1 aromatic rings. The Bertz CT molecular complexity index is 355. The van der Waals surface area contributed by atoms with Crippen LogP contribution in [0.5, 0.6) is 0 Å². The van der Waals surface area contributed by atoms with Crippen LogP contribution in [0.4, 0.5) is 14.5 Å². The summed E-state index contributed by atoms with van der Waals surface area (Å²) in [6.07, 6.45) is 0. The van der Waals surface area contributed by atoms with Crippen molar-refractivity contribution in [2.45, 2.75) is 13.8 Å². The second kappa shape index (κ2) is 5.80. The molecule has 1 unspecified atom stereocenters. The van der Waals surface area contributed by atoms with Crippen LogP contribution < -0.4 is 5.32 Å². The van der Waals surface area contributed by atoms with Crippen molar-refractivity contribution in [3.8, 4) is 0 Å². The smallest absolute Gasteiger partial charge is 0.152 e. The molecule has 0 radical (unpaired) electrons. The number of halogens is 2. The topological polar surface area (TPSA) is 21.3 Å². The van der Waals surface area contributed by atoms with Gasteiger partial charge in [0, 0.05) is 13.7 Å². The predicted molar refractivity (Wildman–Crippen MR) is 60.6 cm³/mol. The van der Waals surface area contributed by atoms with Gasteiger partial charge in [0.15, 0.2) is 5.82 Å². The van der Waals surface area contributed by atoms with Crippen LogP contribution in [0.2, 0.25) is 0 Å². The predicted octanol–water partition coefficient (Wildman–Crippen LogP) is 2.97. The van der Waals surface area contributed by atoms with Gasteiger partial charge in [-0.2, -0.15) is 0 Å². The van der Waals surface area contributed by atoms with Crippen molar-refractivity contribution < 1.29 is 13.5 Å². The molecule has 16 heavy (non-hydrogen) atoms. The first-order valence-corrected chi connectivity index (χ1v) is 5.23. The summed E-state index contributed by atoms with van der Waals surface area (Å²) in [5, 5.41) is 2.78. The number of nitrogens with one attached hydrogen (secondary N) is 1. The summed E-state index contributed by atoms with van der Waals surface area (Å²) < 4.78 is 31.8. The van der Waals surface area contributed by atoms with Gasteiger partial charge in [-0.3, -0.25) is 0 Å². The Morgan fingerprint density at radius 3 is 2.69 bits per heavy atom. The van der Waals surface area contributed by atoms with E-state index in [4.69, 9.17) is 4.74 Å². The molecule has 0 aromatic heterocycles. The van der Waals surface area contributed by atoms with E-state index in [9.17, 15) is 8.78 Å². The van der Waals surface area contributed by atoms with Crippen LogP contribution >= 0.6 is 0 Å². The zero-order valence-electron chi connectivity index (χ0n) is 9.81. The van der Waals surface area contributed by atoms with Gasteiger partial charge < -0.3 is 10.1 Å². The van der Waals surface area contributed by atoms with Gasteiger partial charge in [-0.25, -0.2) is 8.78 Å². The van der Waals surface area contributed by atoms with Crippen LogP contribution in [0.3, 0.4) is 0 Å². The lowest BCUT2D eigenvalue weighted by Gasteiger charge is -2.14. The molecule has 1 N–H and O–H groups in total. The molecule has 0 aliphatic rings. The molecule has 0 heterocycles. The highest BCUT2D eigenvalue weighted by atomic mass is 19.1. The van der Waals surface area contributed by atoms with Gasteiger partial charge in [-0.15, -0.1) is 0 Å². The minimum absolute atomic E-state index is 0.0528. The van der Waals surface area contributed by atoms with Crippen LogP contribution in [0.25, 0.3) is 0 Å². The number of hydrogen-bond acceptors (Lipinski definition) is 2. The summed E-state index contributed by atoms with van der Waals surface area (Å²) in [6, 6.07) is 2.69. The molecule has 0 fully saturated rings. The van der Waals surface area contributed by atoms with Gasteiger partial charge in [0.05, 0.1) is 6.61 Å². The van der Waals surface area contributed by atoms with Gasteiger partial charge in [0.1, 0.15) is 11.5 Å². The van der Waals surface area contributed by atoms with Crippen molar-refractivity contribution >= 4 is 5.69 Å². The Morgan fingerprint density at radius 2 is 2.06 bits per heavy atom. The van der Waals surface area contributed by atoms with Crippen molar-refractivity contribution in [1.82, 2.24) is 0 Å². The molecule has 1 aromatic carbocycles. The van der Waals surface area contributed by atoms with Gasteiger partial charge in [-0.1, -0.05) is 13.0 Å². The van der Waals surface area contributed by atoms with E-state index in [1.165, 1.54) is 12.1 Å². The number of benzene rings is 1. The Hall–Kier alpha value is -1.16. The normalized spacial score (nSPS) is 12.6. The lowest BCUT2D eigenvalue weighted by molar-refractivity contribution is 0.164. The molecule has 1 atom stereocenters. The minimum Gasteiger partial charge on any atom is -0.384 e. The van der Waals surface area contributed by atoms with E-state index in [-0.39, 0.29) is 11.6 Å². The third-order valence-corrected chi connectivity index (χ3v) is 2.36. The Morgan fingerprint density at radius 1 is 1.38 bits per heavy atom. The summed E-state index contributed by atoms with van der Waals surface area (Å²) in [6.45, 7) is 4.59. The summed E-state index contributed by atoms with van der Waals surface area (Å²) in [4.78, 5) is 0. The quantitative estimate of drug-likeness (QED) is 0.838. The van der Waals surface area contributed by atoms with E-state index in [0.717, 1.165) is 0 Å². The number of rotatable bonds is 5. The van der Waals surface area contributed by atoms with Gasteiger partial charge in [0.25, 0.3) is 0 Å². The highest BCUT2D eigenvalue weighted by molar-refractivity contribution is 5.48. The molecule has 0 bridgehead atoms. The molecule has 0 spiro atoms. The third kappa shape index (κ3) is 3.17. The summed E-state index contributed by atoms with van der Waals surface area (Å²) in [7, 11) is 1.60. The van der Waals surface area contributed by atoms with Crippen LogP contribution in [-0.4, -0.2) is 20.3 Å². The van der Waals surface area contributed by atoms with E-state index in [2.05, 4.69) is 5.32 Å². The lowest BCUT2D eigenvalue weighted by Crippen LogP contribution is -2.17. The maximum absolute atomic E-state index is 13.6. The van der Waals surface area contributed by atoms with Crippen molar-refractivity contribution in [3.05, 3.63) is 29.3 Å². The highest BCUT2D eigenvalue weighted by Crippen LogP contribution is 2.21. The van der Waals surface area contributed by atoms with Gasteiger partial charge in [0.2, 0.25) is 0 Å². The second-order valence-electron chi connectivity index (χ2n) is 3.99. The molecule has 4 heteroatoms. The molecule has 0 saturated heterocycles. The molecule has 2 nitrogen and oxygen atoms in total. The fraction of sp³-hybridized carbons (Fsp3) is 0.500. The molecule has 0 amide bonds. The average Bonchev–Trinajstić information content (AvgIpc) is 2.24. The number of ether oxygens (including phenoxy) is 1. The SMILES string of the molecule is COCC(C)CNc1c(F)ccc(C)c1F. The summed E-state index contributed by atoms with van der Waals surface area (Å²) in [5.74, 6) is -0.887. The fourth-order valence-electron chi connectivity index (χ4n) is 1.44. The molecule has 0 aliphatic heterocycles. The largest absolute Gasteiger partial charge is 0.384 e. The first-order chi connectivity index (χ1) is 7.56. The number of aryl methyl sites for hydroxylation is 1. The highest BCUT2D eigenvalue weighted by Gasteiger charge is 2.11. The molecule has 0 saturated carbocycles. The first-order valence-electron chi connectivity index (χ1n) is 5.23. The Labute approximate surface area is 94.6 Å². The average molecular weight is 229 g/mol. The lowest BCUT2D eigenvalue weighted by atomic mass is 10.1. The van der Waals surface area contributed by atoms with Crippen molar-refractivity contribution in [1.29, 1.82) is 0 Å². The molecular formula is C12H17F2NO. The van der Waals surface area contributed by atoms with Crippen LogP contribution in [0, 0.1) is 24.5 Å². The number of anilines is 1. The standard InChI is InChI=1S/C12H17F2NO/c1-8(7-16-3)6-15-12-10(13)5-4-9(2)11(12)14/h4-5,8,15H,6-7H2,1-3H3. The summed E-state index contributed by atoms with van der Waals surface area (Å²) >= 11 is 0. The molecular weight excluding hydrogens is 212 g/mol. The maximum Gasteiger partial charge on any atom is 0.152 e. The van der Waals surface area contributed by atoms with E-state index < -0.39 is 11.6 Å². The van der Waals surface area contributed by atoms with E-state index in [1.807, 2.05) is 6.92 Å². The van der Waals surface area contributed by atoms with E-state index >= 15 is 0 Å². The van der Waals surface area contributed by atoms with Gasteiger partial charge >= 0.3 is 0 Å². The van der Waals surface area contributed by atoms with Crippen molar-refractivity contribution in [2.24, 2.45) is 5.92 Å². The number of methoxy groups -OCH3 is 1. The van der Waals surface area contributed by atoms with E-state index in [1.54, 1.807) is 14.0 Å². The zero-order chi connectivity index (χ0) is 12.1. The number of hydrogen-bond donors (Lipinski definition) is 1. The molecule has 0 aliphatic carbocycles. The zero-order valence-corrected chi connectivity index (χ0v) is 9.81. The van der Waals surface area contributed by atoms with Crippen molar-refractivity contribution in [2.75, 3.05) is 25.6 Å². The van der Waals surface area contributed by atoms with Gasteiger partial charge in [-0.05, 0) is 24.5 Å². The second-order valence-corrected chi connectivity index (χ2v) is 3.99. The monoisotopic (exact) mass is 229 g/mol. The van der Waals surface area contributed by atoms with Crippen LogP contribution in [-0.2, 0) is 4.74 Å². The first kappa shape index (κ1) is 12.9. The minimum atomic E-state index is -0.562. The third-order valence-electron chi connectivity index (χ3n) is 2.36. The Kier molecular flexibility index (Phi) is 4.68. The van der Waals surface area contributed by atoms with Crippen LogP contribution in [0.15, 0.2) is 12.1 Å².